The lowest BCUT2D eigenvalue weighted by Gasteiger charge is -2.24. The number of hydrogen-bond donors (Lipinski definition) is 1. The first-order valence-electron chi connectivity index (χ1n) is 5.36. The van der Waals surface area contributed by atoms with Crippen molar-refractivity contribution in [3.63, 3.8) is 0 Å². The van der Waals surface area contributed by atoms with E-state index in [1.807, 2.05) is 0 Å². The van der Waals surface area contributed by atoms with Crippen molar-refractivity contribution >= 4 is 33.4 Å². The lowest BCUT2D eigenvalue weighted by molar-refractivity contribution is 0.684. The summed E-state index contributed by atoms with van der Waals surface area (Å²) >= 11 is 5.55. The van der Waals surface area contributed by atoms with Gasteiger partial charge < -0.3 is 5.32 Å². The molecule has 1 heterocycles. The van der Waals surface area contributed by atoms with Gasteiger partial charge in [0.2, 0.25) is 0 Å². The van der Waals surface area contributed by atoms with Crippen LogP contribution < -0.4 is 5.32 Å². The second-order valence-electron chi connectivity index (χ2n) is 4.02. The predicted octanol–water partition coefficient (Wildman–Crippen LogP) is 4.07. The van der Waals surface area contributed by atoms with E-state index in [1.165, 1.54) is 35.6 Å². The minimum atomic E-state index is 0.656. The van der Waals surface area contributed by atoms with Gasteiger partial charge in [0.15, 0.2) is 0 Å². The summed E-state index contributed by atoms with van der Waals surface area (Å²) in [6.45, 7) is 2.16. The highest BCUT2D eigenvalue weighted by atomic mass is 79.9. The lowest BCUT2D eigenvalue weighted by Crippen LogP contribution is -2.26. The van der Waals surface area contributed by atoms with Crippen LogP contribution in [-0.4, -0.2) is 17.5 Å². The fraction of sp³-hybridized carbons (Fsp3) is 0.500. The molecule has 1 N–H and O–H groups in total. The number of anilines is 1. The van der Waals surface area contributed by atoms with Gasteiger partial charge in [-0.2, -0.15) is 11.8 Å². The summed E-state index contributed by atoms with van der Waals surface area (Å²) in [5.41, 5.74) is 2.60. The van der Waals surface area contributed by atoms with Gasteiger partial charge in [0.1, 0.15) is 0 Å². The van der Waals surface area contributed by atoms with E-state index in [-0.39, 0.29) is 0 Å². The van der Waals surface area contributed by atoms with Gasteiger partial charge in [-0.05, 0) is 49.3 Å². The Morgan fingerprint density at radius 3 is 3.00 bits per heavy atom. The summed E-state index contributed by atoms with van der Waals surface area (Å²) in [6.07, 6.45) is 2.65. The Hall–Kier alpha value is -0.150. The molecule has 1 aliphatic rings. The maximum absolute atomic E-state index is 3.63. The summed E-state index contributed by atoms with van der Waals surface area (Å²) in [6, 6.07) is 7.09. The van der Waals surface area contributed by atoms with Crippen molar-refractivity contribution in [1.82, 2.24) is 0 Å². The molecule has 3 heteroatoms. The molecule has 1 saturated heterocycles. The topological polar surface area (TPSA) is 12.0 Å². The van der Waals surface area contributed by atoms with Crippen molar-refractivity contribution in [3.8, 4) is 0 Å². The van der Waals surface area contributed by atoms with Gasteiger partial charge in [-0.3, -0.25) is 0 Å². The van der Waals surface area contributed by atoms with Crippen molar-refractivity contribution in [1.29, 1.82) is 0 Å². The highest BCUT2D eigenvalue weighted by molar-refractivity contribution is 9.10. The minimum absolute atomic E-state index is 0.656. The Morgan fingerprint density at radius 1 is 1.47 bits per heavy atom. The first-order chi connectivity index (χ1) is 7.25. The third-order valence-electron chi connectivity index (χ3n) is 2.71. The van der Waals surface area contributed by atoms with Crippen LogP contribution in [0.5, 0.6) is 0 Å². The van der Waals surface area contributed by atoms with Gasteiger partial charge in [-0.25, -0.2) is 0 Å². The second kappa shape index (κ2) is 5.26. The molecule has 0 radical (unpaired) electrons. The van der Waals surface area contributed by atoms with Gasteiger partial charge in [-0.15, -0.1) is 0 Å². The van der Waals surface area contributed by atoms with Crippen LogP contribution in [0.25, 0.3) is 0 Å². The van der Waals surface area contributed by atoms with E-state index >= 15 is 0 Å². The third kappa shape index (κ3) is 3.15. The van der Waals surface area contributed by atoms with Gasteiger partial charge in [0.25, 0.3) is 0 Å². The molecule has 1 nitrogen and oxygen atoms in total. The quantitative estimate of drug-likeness (QED) is 0.879. The number of halogens is 1. The summed E-state index contributed by atoms with van der Waals surface area (Å²) in [4.78, 5) is 0. The zero-order valence-corrected chi connectivity index (χ0v) is 11.3. The van der Waals surface area contributed by atoms with Crippen LogP contribution in [0.3, 0.4) is 0 Å². The van der Waals surface area contributed by atoms with Gasteiger partial charge in [-0.1, -0.05) is 15.9 Å². The molecule has 1 aliphatic heterocycles. The SMILES string of the molecule is Cc1cc(Br)ccc1N[C@H]1CCCSC1. The maximum Gasteiger partial charge on any atom is 0.0373 e. The zero-order valence-electron chi connectivity index (χ0n) is 8.92. The molecule has 0 aromatic heterocycles. The molecule has 0 spiro atoms. The Labute approximate surface area is 104 Å². The van der Waals surface area contributed by atoms with Crippen LogP contribution in [-0.2, 0) is 0 Å². The third-order valence-corrected chi connectivity index (χ3v) is 4.42. The van der Waals surface area contributed by atoms with E-state index in [4.69, 9.17) is 0 Å². The van der Waals surface area contributed by atoms with Crippen LogP contribution in [0.2, 0.25) is 0 Å². The number of benzene rings is 1. The van der Waals surface area contributed by atoms with Gasteiger partial charge in [0, 0.05) is 22.0 Å². The molecule has 0 unspecified atom stereocenters. The summed E-state index contributed by atoms with van der Waals surface area (Å²) in [5.74, 6) is 2.58. The summed E-state index contributed by atoms with van der Waals surface area (Å²) in [7, 11) is 0. The average Bonchev–Trinajstić information content (AvgIpc) is 2.24. The van der Waals surface area contributed by atoms with Crippen LogP contribution in [0.1, 0.15) is 18.4 Å². The number of thioether (sulfide) groups is 1. The molecule has 1 atom stereocenters. The molecule has 2 rings (SSSR count). The van der Waals surface area contributed by atoms with E-state index in [2.05, 4.69) is 58.1 Å². The number of rotatable bonds is 2. The van der Waals surface area contributed by atoms with E-state index in [0.717, 1.165) is 4.47 Å². The first-order valence-corrected chi connectivity index (χ1v) is 7.31. The van der Waals surface area contributed by atoms with Crippen molar-refractivity contribution in [2.45, 2.75) is 25.8 Å². The fourth-order valence-corrected chi connectivity index (χ4v) is 3.41. The van der Waals surface area contributed by atoms with E-state index in [1.54, 1.807) is 0 Å². The van der Waals surface area contributed by atoms with Crippen LogP contribution in [0.15, 0.2) is 22.7 Å². The minimum Gasteiger partial charge on any atom is -0.381 e. The van der Waals surface area contributed by atoms with E-state index in [9.17, 15) is 0 Å². The molecule has 0 aliphatic carbocycles. The monoisotopic (exact) mass is 285 g/mol. The van der Waals surface area contributed by atoms with Crippen molar-refractivity contribution in [2.24, 2.45) is 0 Å². The highest BCUT2D eigenvalue weighted by Crippen LogP contribution is 2.24. The Morgan fingerprint density at radius 2 is 2.33 bits per heavy atom. The summed E-state index contributed by atoms with van der Waals surface area (Å²) in [5, 5.41) is 3.63. The van der Waals surface area contributed by atoms with Gasteiger partial charge >= 0.3 is 0 Å². The van der Waals surface area contributed by atoms with Crippen LogP contribution >= 0.6 is 27.7 Å². The van der Waals surface area contributed by atoms with Crippen LogP contribution in [0.4, 0.5) is 5.69 Å². The molecule has 1 aromatic rings. The normalized spacial score (nSPS) is 21.3. The molecular weight excluding hydrogens is 270 g/mol. The van der Waals surface area contributed by atoms with E-state index in [0.29, 0.717) is 6.04 Å². The Kier molecular flexibility index (Phi) is 3.98. The lowest BCUT2D eigenvalue weighted by atomic mass is 10.1. The smallest absolute Gasteiger partial charge is 0.0373 e. The summed E-state index contributed by atoms with van der Waals surface area (Å²) < 4.78 is 1.16. The predicted molar refractivity (Wildman–Crippen MR) is 72.8 cm³/mol. The van der Waals surface area contributed by atoms with Crippen molar-refractivity contribution in [3.05, 3.63) is 28.2 Å². The first kappa shape index (κ1) is 11.3. The second-order valence-corrected chi connectivity index (χ2v) is 6.08. The standard InChI is InChI=1S/C12H16BrNS/c1-9-7-10(13)4-5-12(9)14-11-3-2-6-15-8-11/h4-5,7,11,14H,2-3,6,8H2,1H3/t11-/m0/s1. The molecule has 15 heavy (non-hydrogen) atoms. The molecule has 1 fully saturated rings. The molecule has 0 saturated carbocycles. The largest absolute Gasteiger partial charge is 0.381 e. The molecule has 0 bridgehead atoms. The molecule has 1 aromatic carbocycles. The molecular formula is C12H16BrNS. The zero-order chi connectivity index (χ0) is 10.7. The maximum atomic E-state index is 3.63. The molecule has 82 valence electrons. The average molecular weight is 286 g/mol. The van der Waals surface area contributed by atoms with Crippen LogP contribution in [0, 0.1) is 6.92 Å². The van der Waals surface area contributed by atoms with E-state index < -0.39 is 0 Å². The fourth-order valence-electron chi connectivity index (χ4n) is 1.86. The number of hydrogen-bond acceptors (Lipinski definition) is 2. The number of nitrogens with one attached hydrogen (secondary N) is 1. The Bertz CT molecular complexity index is 334. The van der Waals surface area contributed by atoms with Crippen molar-refractivity contribution in [2.75, 3.05) is 16.8 Å². The molecule has 0 amide bonds. The highest BCUT2D eigenvalue weighted by Gasteiger charge is 2.13. The number of aryl methyl sites for hydroxylation is 1. The van der Waals surface area contributed by atoms with Crippen molar-refractivity contribution < 1.29 is 0 Å². The Balaban J connectivity index is 2.03. The van der Waals surface area contributed by atoms with Gasteiger partial charge in [0.05, 0.1) is 0 Å².